The Labute approximate surface area is 175 Å². The Kier molecular flexibility index (Phi) is 5.01. The van der Waals surface area contributed by atoms with Crippen molar-refractivity contribution in [3.05, 3.63) is 76.9 Å². The Hall–Kier alpha value is -4.21. The monoisotopic (exact) mass is 418 g/mol. The second-order valence-electron chi connectivity index (χ2n) is 6.83. The van der Waals surface area contributed by atoms with Crippen LogP contribution in [0.2, 0.25) is 0 Å². The minimum Gasteiger partial charge on any atom is -0.492 e. The van der Waals surface area contributed by atoms with Gasteiger partial charge in [-0.25, -0.2) is 4.79 Å². The summed E-state index contributed by atoms with van der Waals surface area (Å²) in [7, 11) is 0. The van der Waals surface area contributed by atoms with Crippen molar-refractivity contribution in [1.82, 2.24) is 30.2 Å². The zero-order chi connectivity index (χ0) is 21.0. The molecule has 0 radical (unpaired) electrons. The van der Waals surface area contributed by atoms with Crippen molar-refractivity contribution in [2.24, 2.45) is 0 Å². The zero-order valence-corrected chi connectivity index (χ0v) is 16.4. The third-order valence-corrected chi connectivity index (χ3v) is 4.64. The van der Waals surface area contributed by atoms with Gasteiger partial charge in [0.05, 0.1) is 24.3 Å². The maximum absolute atomic E-state index is 11.7. The topological polar surface area (TPSA) is 110 Å². The molecule has 0 unspecified atom stereocenters. The number of hydrogen-bond donors (Lipinski definition) is 0. The Morgan fingerprint density at radius 1 is 1.00 bits per heavy atom. The average molecular weight is 418 g/mol. The van der Waals surface area contributed by atoms with E-state index in [-0.39, 0.29) is 6.61 Å². The van der Waals surface area contributed by atoms with E-state index in [9.17, 15) is 4.79 Å². The molecule has 0 bridgehead atoms. The number of benzene rings is 2. The molecule has 2 aromatic carbocycles. The summed E-state index contributed by atoms with van der Waals surface area (Å²) in [6, 6.07) is 16.2. The minimum atomic E-state index is -0.435. The molecule has 0 aliphatic heterocycles. The van der Waals surface area contributed by atoms with Crippen LogP contribution in [0.15, 0.2) is 70.0 Å². The van der Waals surface area contributed by atoms with Crippen LogP contribution in [-0.4, -0.2) is 36.8 Å². The molecule has 156 valence electrons. The van der Waals surface area contributed by atoms with E-state index in [1.54, 1.807) is 10.7 Å². The fraction of sp³-hybridized carbons (Fsp3) is 0.190. The minimum absolute atomic E-state index is 0.218. The Balaban J connectivity index is 1.14. The van der Waals surface area contributed by atoms with Crippen LogP contribution in [0.25, 0.3) is 22.0 Å². The van der Waals surface area contributed by atoms with Crippen molar-refractivity contribution in [3.63, 3.8) is 0 Å². The molecule has 0 aliphatic carbocycles. The van der Waals surface area contributed by atoms with Gasteiger partial charge in [-0.15, -0.1) is 10.2 Å². The first-order valence-corrected chi connectivity index (χ1v) is 9.75. The standard InChI is InChI=1S/C21H18N6O4/c28-21-12-20(16-6-1-4-9-19(16)31-21)29-11-5-10-26-13-15(22-24-26)14-30-27-18-8-3-2-7-17(18)23-25-27/h1-4,6-9,12-13H,5,10-11,14H2. The van der Waals surface area contributed by atoms with E-state index in [4.69, 9.17) is 14.0 Å². The summed E-state index contributed by atoms with van der Waals surface area (Å²) >= 11 is 0. The number of ether oxygens (including phenoxy) is 1. The van der Waals surface area contributed by atoms with Gasteiger partial charge in [0.25, 0.3) is 0 Å². The van der Waals surface area contributed by atoms with Gasteiger partial charge in [-0.05, 0) is 29.5 Å². The van der Waals surface area contributed by atoms with Crippen LogP contribution in [0.1, 0.15) is 12.1 Å². The van der Waals surface area contributed by atoms with Gasteiger partial charge in [0.1, 0.15) is 28.1 Å². The first-order chi connectivity index (χ1) is 15.3. The third-order valence-electron chi connectivity index (χ3n) is 4.64. The van der Waals surface area contributed by atoms with Gasteiger partial charge in [0.2, 0.25) is 0 Å². The van der Waals surface area contributed by atoms with Crippen LogP contribution in [0, 0.1) is 0 Å². The molecule has 0 spiro atoms. The average Bonchev–Trinajstić information content (AvgIpc) is 3.42. The predicted octanol–water partition coefficient (Wildman–Crippen LogP) is 2.23. The molecule has 5 rings (SSSR count). The van der Waals surface area contributed by atoms with Crippen LogP contribution in [0.3, 0.4) is 0 Å². The van der Waals surface area contributed by atoms with E-state index >= 15 is 0 Å². The second-order valence-corrected chi connectivity index (χ2v) is 6.83. The van der Waals surface area contributed by atoms with Gasteiger partial charge in [-0.2, -0.15) is 0 Å². The van der Waals surface area contributed by atoms with E-state index in [1.807, 2.05) is 48.7 Å². The molecule has 31 heavy (non-hydrogen) atoms. The van der Waals surface area contributed by atoms with Gasteiger partial charge in [-0.3, -0.25) is 4.68 Å². The van der Waals surface area contributed by atoms with Crippen LogP contribution in [0.4, 0.5) is 0 Å². The molecule has 0 amide bonds. The number of aryl methyl sites for hydroxylation is 1. The fourth-order valence-electron chi connectivity index (χ4n) is 3.19. The van der Waals surface area contributed by atoms with E-state index in [2.05, 4.69) is 20.6 Å². The van der Waals surface area contributed by atoms with Gasteiger partial charge in [0, 0.05) is 13.0 Å². The second kappa shape index (κ2) is 8.27. The number of aromatic nitrogens is 6. The maximum Gasteiger partial charge on any atom is 0.339 e. The van der Waals surface area contributed by atoms with Crippen molar-refractivity contribution in [2.45, 2.75) is 19.6 Å². The molecule has 0 N–H and O–H groups in total. The summed E-state index contributed by atoms with van der Waals surface area (Å²) in [6.07, 6.45) is 2.50. The normalized spacial score (nSPS) is 11.2. The van der Waals surface area contributed by atoms with Gasteiger partial charge < -0.3 is 14.0 Å². The quantitative estimate of drug-likeness (QED) is 0.279. The van der Waals surface area contributed by atoms with Crippen molar-refractivity contribution < 1.29 is 14.0 Å². The van der Waals surface area contributed by atoms with E-state index in [0.717, 1.165) is 16.4 Å². The molecule has 0 saturated heterocycles. The van der Waals surface area contributed by atoms with Crippen molar-refractivity contribution in [2.75, 3.05) is 6.61 Å². The number of rotatable bonds is 8. The summed E-state index contributed by atoms with van der Waals surface area (Å²) < 4.78 is 12.7. The number of nitrogens with zero attached hydrogens (tertiary/aromatic N) is 6. The highest BCUT2D eigenvalue weighted by Crippen LogP contribution is 2.23. The van der Waals surface area contributed by atoms with Crippen LogP contribution in [-0.2, 0) is 13.2 Å². The van der Waals surface area contributed by atoms with Crippen molar-refractivity contribution >= 4 is 22.0 Å². The summed E-state index contributed by atoms with van der Waals surface area (Å²) in [6.45, 7) is 1.25. The van der Waals surface area contributed by atoms with Crippen molar-refractivity contribution in [1.29, 1.82) is 0 Å². The largest absolute Gasteiger partial charge is 0.492 e. The molecule has 0 saturated carbocycles. The number of fused-ring (bicyclic) bond motifs is 2. The lowest BCUT2D eigenvalue weighted by Crippen LogP contribution is -2.13. The zero-order valence-electron chi connectivity index (χ0n) is 16.4. The van der Waals surface area contributed by atoms with Crippen molar-refractivity contribution in [3.8, 4) is 5.75 Å². The van der Waals surface area contributed by atoms with Crippen LogP contribution < -0.4 is 15.2 Å². The summed E-state index contributed by atoms with van der Waals surface area (Å²) in [4.78, 5) is 18.7. The molecular weight excluding hydrogens is 400 g/mol. The Morgan fingerprint density at radius 2 is 1.87 bits per heavy atom. The van der Waals surface area contributed by atoms with E-state index in [0.29, 0.717) is 36.6 Å². The molecule has 0 fully saturated rings. The van der Waals surface area contributed by atoms with E-state index in [1.165, 1.54) is 10.9 Å². The summed E-state index contributed by atoms with van der Waals surface area (Å²) in [5.41, 5.74) is 2.29. The number of hydrogen-bond acceptors (Lipinski definition) is 8. The highest BCUT2D eigenvalue weighted by Gasteiger charge is 2.08. The van der Waals surface area contributed by atoms with Crippen LogP contribution in [0.5, 0.6) is 5.75 Å². The van der Waals surface area contributed by atoms with Gasteiger partial charge >= 0.3 is 5.63 Å². The number of para-hydroxylation sites is 2. The van der Waals surface area contributed by atoms with Gasteiger partial charge in [0.15, 0.2) is 6.61 Å². The lowest BCUT2D eigenvalue weighted by Gasteiger charge is -2.08. The SMILES string of the molecule is O=c1cc(OCCCn2cc(COn3nnc4ccccc43)nn2)c2ccccc2o1. The molecule has 5 aromatic rings. The molecule has 10 heteroatoms. The highest BCUT2D eigenvalue weighted by molar-refractivity contribution is 5.82. The lowest BCUT2D eigenvalue weighted by molar-refractivity contribution is 0.0731. The molecule has 0 atom stereocenters. The summed E-state index contributed by atoms with van der Waals surface area (Å²) in [5.74, 6) is 0.514. The molecular formula is C21H18N6O4. The molecule has 3 aromatic heterocycles. The first-order valence-electron chi connectivity index (χ1n) is 9.75. The van der Waals surface area contributed by atoms with Gasteiger partial charge in [-0.1, -0.05) is 34.3 Å². The fourth-order valence-corrected chi connectivity index (χ4v) is 3.19. The first kappa shape index (κ1) is 18.8. The lowest BCUT2D eigenvalue weighted by atomic mass is 10.2. The van der Waals surface area contributed by atoms with Crippen LogP contribution >= 0.6 is 0 Å². The highest BCUT2D eigenvalue weighted by atomic mass is 16.7. The Morgan fingerprint density at radius 3 is 2.84 bits per heavy atom. The molecule has 10 nitrogen and oxygen atoms in total. The van der Waals surface area contributed by atoms with E-state index < -0.39 is 5.63 Å². The Bertz CT molecular complexity index is 1390. The summed E-state index contributed by atoms with van der Waals surface area (Å²) in [5, 5.41) is 17.0. The smallest absolute Gasteiger partial charge is 0.339 e. The molecule has 0 aliphatic rings. The predicted molar refractivity (Wildman–Crippen MR) is 110 cm³/mol. The third kappa shape index (κ3) is 4.08. The molecule has 3 heterocycles. The maximum atomic E-state index is 11.7.